The van der Waals surface area contributed by atoms with Crippen LogP contribution in [0.5, 0.6) is 0 Å². The third-order valence-electron chi connectivity index (χ3n) is 2.89. The Balaban J connectivity index is 2.07. The smallest absolute Gasteiger partial charge is 0.239 e. The van der Waals surface area contributed by atoms with Crippen molar-refractivity contribution in [2.24, 2.45) is 0 Å². The molecule has 0 spiro atoms. The summed E-state index contributed by atoms with van der Waals surface area (Å²) in [6, 6.07) is 13.9. The van der Waals surface area contributed by atoms with Crippen molar-refractivity contribution in [2.45, 2.75) is 0 Å². The number of carbonyl (C=O) groups is 2. The van der Waals surface area contributed by atoms with E-state index in [0.29, 0.717) is 16.3 Å². The van der Waals surface area contributed by atoms with Crippen LogP contribution in [0.4, 0.5) is 5.69 Å². The normalized spacial score (nSPS) is 10.6. The van der Waals surface area contributed by atoms with Crippen molar-refractivity contribution in [3.8, 4) is 0 Å². The summed E-state index contributed by atoms with van der Waals surface area (Å²) in [5, 5.41) is 3.19. The maximum atomic E-state index is 12.1. The monoisotopic (exact) mass is 333 g/mol. The third-order valence-corrected chi connectivity index (χ3v) is 3.48. The number of rotatable bonds is 5. The van der Waals surface area contributed by atoms with Gasteiger partial charge in [0.05, 0.1) is 0 Å². The molecule has 3 nitrogen and oxygen atoms in total. The van der Waals surface area contributed by atoms with E-state index in [-0.39, 0.29) is 17.6 Å². The van der Waals surface area contributed by atoms with E-state index in [4.69, 9.17) is 23.2 Å². The van der Waals surface area contributed by atoms with Gasteiger partial charge in [-0.05, 0) is 48.0 Å². The molecule has 0 atom stereocenters. The fourth-order valence-corrected chi connectivity index (χ4v) is 2.05. The summed E-state index contributed by atoms with van der Waals surface area (Å²) < 4.78 is 0. The summed E-state index contributed by atoms with van der Waals surface area (Å²) in [7, 11) is 0. The van der Waals surface area contributed by atoms with Gasteiger partial charge in [-0.1, -0.05) is 29.8 Å². The molecule has 0 heterocycles. The van der Waals surface area contributed by atoms with Gasteiger partial charge in [-0.2, -0.15) is 0 Å². The molecular formula is C17H13Cl2NO2. The minimum absolute atomic E-state index is 0.110. The molecule has 22 heavy (non-hydrogen) atoms. The van der Waals surface area contributed by atoms with Crippen LogP contribution >= 0.6 is 23.2 Å². The van der Waals surface area contributed by atoms with Crippen LogP contribution in [-0.2, 0) is 4.79 Å². The van der Waals surface area contributed by atoms with E-state index in [9.17, 15) is 9.59 Å². The summed E-state index contributed by atoms with van der Waals surface area (Å²) >= 11 is 11.4. The number of hydrogen-bond acceptors (Lipinski definition) is 2. The highest BCUT2D eigenvalue weighted by molar-refractivity contribution is 6.32. The van der Waals surface area contributed by atoms with Crippen LogP contribution in [0.2, 0.25) is 5.02 Å². The Morgan fingerprint density at radius 2 is 1.73 bits per heavy atom. The second kappa shape index (κ2) is 7.78. The molecule has 0 saturated heterocycles. The van der Waals surface area contributed by atoms with Crippen LogP contribution in [0.3, 0.4) is 0 Å². The van der Waals surface area contributed by atoms with E-state index in [1.54, 1.807) is 36.4 Å². The quantitative estimate of drug-likeness (QED) is 0.500. The number of alkyl halides is 1. The average Bonchev–Trinajstić information content (AvgIpc) is 2.54. The molecular weight excluding hydrogens is 321 g/mol. The highest BCUT2D eigenvalue weighted by Crippen LogP contribution is 2.17. The number of halogens is 2. The zero-order valence-corrected chi connectivity index (χ0v) is 13.1. The molecule has 0 aliphatic rings. The molecule has 0 unspecified atom stereocenters. The van der Waals surface area contributed by atoms with Crippen molar-refractivity contribution in [3.63, 3.8) is 0 Å². The summed E-state index contributed by atoms with van der Waals surface area (Å²) in [5.41, 5.74) is 1.90. The number of ketones is 1. The molecule has 0 aromatic heterocycles. The largest absolute Gasteiger partial charge is 0.325 e. The Labute approximate surface area is 138 Å². The number of allylic oxidation sites excluding steroid dienone is 1. The van der Waals surface area contributed by atoms with Crippen LogP contribution in [-0.4, -0.2) is 17.6 Å². The first-order chi connectivity index (χ1) is 10.6. The molecule has 0 bridgehead atoms. The van der Waals surface area contributed by atoms with Crippen molar-refractivity contribution in [1.29, 1.82) is 0 Å². The minimum Gasteiger partial charge on any atom is -0.325 e. The van der Waals surface area contributed by atoms with Crippen molar-refractivity contribution in [3.05, 3.63) is 70.8 Å². The average molecular weight is 334 g/mol. The van der Waals surface area contributed by atoms with Gasteiger partial charge >= 0.3 is 0 Å². The van der Waals surface area contributed by atoms with Gasteiger partial charge in [0.15, 0.2) is 5.78 Å². The number of carbonyl (C=O) groups excluding carboxylic acids is 2. The number of anilines is 1. The van der Waals surface area contributed by atoms with Crippen LogP contribution in [0.1, 0.15) is 15.9 Å². The van der Waals surface area contributed by atoms with E-state index in [1.807, 2.05) is 18.2 Å². The van der Waals surface area contributed by atoms with Crippen LogP contribution in [0, 0.1) is 0 Å². The Hall–Kier alpha value is -2.10. The van der Waals surface area contributed by atoms with E-state index >= 15 is 0 Å². The molecule has 2 aromatic rings. The van der Waals surface area contributed by atoms with Crippen molar-refractivity contribution in [2.75, 3.05) is 11.2 Å². The number of benzene rings is 2. The first-order valence-electron chi connectivity index (χ1n) is 6.53. The van der Waals surface area contributed by atoms with E-state index in [0.717, 1.165) is 5.56 Å². The zero-order chi connectivity index (χ0) is 15.9. The van der Waals surface area contributed by atoms with Crippen molar-refractivity contribution < 1.29 is 9.59 Å². The fraction of sp³-hybridized carbons (Fsp3) is 0.0588. The molecule has 112 valence electrons. The predicted molar refractivity (Wildman–Crippen MR) is 90.6 cm³/mol. The number of nitrogens with one attached hydrogen (secondary N) is 1. The van der Waals surface area contributed by atoms with Crippen molar-refractivity contribution >= 4 is 46.7 Å². The first kappa shape index (κ1) is 16.3. The maximum absolute atomic E-state index is 12.1. The van der Waals surface area contributed by atoms with Gasteiger partial charge in [-0.15, -0.1) is 11.6 Å². The highest BCUT2D eigenvalue weighted by atomic mass is 35.5. The van der Waals surface area contributed by atoms with Crippen LogP contribution in [0.15, 0.2) is 54.6 Å². The molecule has 5 heteroatoms. The summed E-state index contributed by atoms with van der Waals surface area (Å²) in [6.07, 6.45) is 3.14. The lowest BCUT2D eigenvalue weighted by molar-refractivity contribution is -0.113. The van der Waals surface area contributed by atoms with Gasteiger partial charge in [0.2, 0.25) is 5.91 Å². The minimum atomic E-state index is -0.292. The molecule has 0 saturated carbocycles. The third kappa shape index (κ3) is 4.45. The van der Waals surface area contributed by atoms with Crippen LogP contribution < -0.4 is 5.32 Å². The molecule has 1 amide bonds. The highest BCUT2D eigenvalue weighted by Gasteiger charge is 2.04. The van der Waals surface area contributed by atoms with Gasteiger partial charge < -0.3 is 5.32 Å². The van der Waals surface area contributed by atoms with E-state index in [2.05, 4.69) is 5.32 Å². The van der Waals surface area contributed by atoms with Crippen LogP contribution in [0.25, 0.3) is 6.08 Å². The zero-order valence-electron chi connectivity index (χ0n) is 11.6. The predicted octanol–water partition coefficient (Wildman–Crippen LogP) is 4.41. The fourth-order valence-electron chi connectivity index (χ4n) is 1.78. The molecule has 1 N–H and O–H groups in total. The lowest BCUT2D eigenvalue weighted by Gasteiger charge is -2.03. The lowest BCUT2D eigenvalue weighted by atomic mass is 10.1. The number of hydrogen-bond donors (Lipinski definition) is 1. The molecule has 2 rings (SSSR count). The second-order valence-electron chi connectivity index (χ2n) is 4.48. The summed E-state index contributed by atoms with van der Waals surface area (Å²) in [5.74, 6) is -0.546. The molecule has 0 fully saturated rings. The second-order valence-corrected chi connectivity index (χ2v) is 5.15. The summed E-state index contributed by atoms with van der Waals surface area (Å²) in [6.45, 7) is 0. The Kier molecular flexibility index (Phi) is 5.75. The van der Waals surface area contributed by atoms with Gasteiger partial charge in [-0.25, -0.2) is 0 Å². The first-order valence-corrected chi connectivity index (χ1v) is 7.44. The van der Waals surface area contributed by atoms with E-state index in [1.165, 1.54) is 6.08 Å². The van der Waals surface area contributed by atoms with Gasteiger partial charge in [0.25, 0.3) is 0 Å². The molecule has 0 radical (unpaired) electrons. The number of amides is 1. The SMILES string of the molecule is O=C(CCl)Nc1ccc(C(=O)/C=C/c2ccccc2Cl)cc1. The lowest BCUT2D eigenvalue weighted by Crippen LogP contribution is -2.12. The molecule has 0 aliphatic heterocycles. The Morgan fingerprint density at radius 1 is 1.05 bits per heavy atom. The van der Waals surface area contributed by atoms with Gasteiger partial charge in [-0.3, -0.25) is 9.59 Å². The maximum Gasteiger partial charge on any atom is 0.239 e. The van der Waals surface area contributed by atoms with Gasteiger partial charge in [0.1, 0.15) is 5.88 Å². The van der Waals surface area contributed by atoms with Gasteiger partial charge in [0, 0.05) is 16.3 Å². The Morgan fingerprint density at radius 3 is 2.36 bits per heavy atom. The van der Waals surface area contributed by atoms with E-state index < -0.39 is 0 Å². The summed E-state index contributed by atoms with van der Waals surface area (Å²) in [4.78, 5) is 23.2. The standard InChI is InChI=1S/C17H13Cl2NO2/c18-11-17(22)20-14-8-5-13(6-9-14)16(21)10-7-12-3-1-2-4-15(12)19/h1-10H,11H2,(H,20,22)/b10-7+. The topological polar surface area (TPSA) is 46.2 Å². The Bertz CT molecular complexity index is 709. The molecule has 0 aliphatic carbocycles. The van der Waals surface area contributed by atoms with Crippen molar-refractivity contribution in [1.82, 2.24) is 0 Å². The molecule has 2 aromatic carbocycles.